The second kappa shape index (κ2) is 8.02. The van der Waals surface area contributed by atoms with Crippen molar-refractivity contribution in [2.45, 2.75) is 6.42 Å². The van der Waals surface area contributed by atoms with Crippen molar-refractivity contribution < 1.29 is 14.0 Å². The van der Waals surface area contributed by atoms with Crippen LogP contribution in [-0.2, 0) is 11.2 Å². The molecule has 0 aliphatic heterocycles. The fourth-order valence-corrected chi connectivity index (χ4v) is 3.88. The third-order valence-electron chi connectivity index (χ3n) is 4.12. The van der Waals surface area contributed by atoms with Gasteiger partial charge in [-0.15, -0.1) is 11.3 Å². The number of hydrogen-bond acceptors (Lipinski definition) is 4. The fourth-order valence-electron chi connectivity index (χ4n) is 2.77. The summed E-state index contributed by atoms with van der Waals surface area (Å²) in [6, 6.07) is 14.3. The van der Waals surface area contributed by atoms with Crippen LogP contribution in [0.4, 0.5) is 15.9 Å². The number of aromatic amines is 1. The molecular formula is C20H14ClFN4O2S. The van der Waals surface area contributed by atoms with E-state index >= 15 is 0 Å². The van der Waals surface area contributed by atoms with Gasteiger partial charge in [-0.3, -0.25) is 14.7 Å². The summed E-state index contributed by atoms with van der Waals surface area (Å²) in [5.74, 6) is -1.02. The Balaban J connectivity index is 1.47. The summed E-state index contributed by atoms with van der Waals surface area (Å²) < 4.78 is 13.8. The number of nitrogens with one attached hydrogen (secondary N) is 3. The maximum absolute atomic E-state index is 13.8. The van der Waals surface area contributed by atoms with Gasteiger partial charge in [-0.05, 0) is 42.5 Å². The van der Waals surface area contributed by atoms with Gasteiger partial charge in [-0.25, -0.2) is 4.39 Å². The third kappa shape index (κ3) is 4.28. The molecule has 29 heavy (non-hydrogen) atoms. The molecule has 0 spiro atoms. The lowest BCUT2D eigenvalue weighted by molar-refractivity contribution is -0.115. The average molecular weight is 429 g/mol. The summed E-state index contributed by atoms with van der Waals surface area (Å²) in [5, 5.41) is 13.6. The molecular weight excluding hydrogens is 415 g/mol. The summed E-state index contributed by atoms with van der Waals surface area (Å²) >= 11 is 7.17. The van der Waals surface area contributed by atoms with E-state index < -0.39 is 11.7 Å². The van der Waals surface area contributed by atoms with Gasteiger partial charge in [0.2, 0.25) is 5.91 Å². The van der Waals surface area contributed by atoms with Gasteiger partial charge in [-0.2, -0.15) is 5.10 Å². The number of halogens is 2. The molecule has 4 aromatic rings. The molecule has 9 heteroatoms. The van der Waals surface area contributed by atoms with Gasteiger partial charge in [0, 0.05) is 15.6 Å². The van der Waals surface area contributed by atoms with Crippen LogP contribution < -0.4 is 10.6 Å². The molecule has 2 heterocycles. The van der Waals surface area contributed by atoms with E-state index in [1.165, 1.54) is 29.5 Å². The van der Waals surface area contributed by atoms with Crippen LogP contribution in [0.25, 0.3) is 10.2 Å². The van der Waals surface area contributed by atoms with E-state index in [0.717, 1.165) is 4.88 Å². The number of carbonyl (C=O) groups is 2. The zero-order chi connectivity index (χ0) is 20.4. The van der Waals surface area contributed by atoms with Crippen molar-refractivity contribution in [2.75, 3.05) is 10.6 Å². The molecule has 2 aromatic carbocycles. The molecule has 0 fully saturated rings. The normalized spacial score (nSPS) is 10.8. The van der Waals surface area contributed by atoms with Gasteiger partial charge in [0.25, 0.3) is 5.91 Å². The largest absolute Gasteiger partial charge is 0.326 e. The van der Waals surface area contributed by atoms with E-state index in [9.17, 15) is 14.0 Å². The molecule has 0 aliphatic rings. The van der Waals surface area contributed by atoms with E-state index in [4.69, 9.17) is 11.6 Å². The number of thiophene rings is 1. The quantitative estimate of drug-likeness (QED) is 0.424. The number of fused-ring (bicyclic) bond motifs is 1. The van der Waals surface area contributed by atoms with Crippen LogP contribution in [0.3, 0.4) is 0 Å². The number of hydrogen-bond donors (Lipinski definition) is 3. The van der Waals surface area contributed by atoms with Crippen LogP contribution in [0.1, 0.15) is 15.2 Å². The molecule has 0 radical (unpaired) electrons. The Morgan fingerprint density at radius 2 is 1.86 bits per heavy atom. The van der Waals surface area contributed by atoms with Crippen molar-refractivity contribution in [1.29, 1.82) is 0 Å². The van der Waals surface area contributed by atoms with Crippen LogP contribution in [-0.4, -0.2) is 22.0 Å². The molecule has 3 N–H and O–H groups in total. The molecule has 2 amide bonds. The first-order valence-corrected chi connectivity index (χ1v) is 9.77. The third-order valence-corrected chi connectivity index (χ3v) is 5.40. The smallest absolute Gasteiger partial charge is 0.259 e. The molecule has 0 unspecified atom stereocenters. The zero-order valence-corrected chi connectivity index (χ0v) is 16.4. The summed E-state index contributed by atoms with van der Waals surface area (Å²) in [7, 11) is 0. The number of carbonyl (C=O) groups excluding carboxylic acids is 2. The molecule has 6 nitrogen and oxygen atoms in total. The van der Waals surface area contributed by atoms with Gasteiger partial charge in [-0.1, -0.05) is 23.7 Å². The Hall–Kier alpha value is -3.23. The summed E-state index contributed by atoms with van der Waals surface area (Å²) in [4.78, 5) is 26.0. The Morgan fingerprint density at radius 3 is 2.62 bits per heavy atom. The predicted molar refractivity (Wildman–Crippen MR) is 112 cm³/mol. The monoisotopic (exact) mass is 428 g/mol. The lowest BCUT2D eigenvalue weighted by Gasteiger charge is -2.04. The Kier molecular flexibility index (Phi) is 5.28. The van der Waals surface area contributed by atoms with Crippen molar-refractivity contribution in [2.24, 2.45) is 0 Å². The number of nitrogens with zero attached hydrogens (tertiary/aromatic N) is 1. The highest BCUT2D eigenvalue weighted by molar-refractivity contribution is 7.18. The minimum Gasteiger partial charge on any atom is -0.326 e. The molecule has 146 valence electrons. The molecule has 0 saturated heterocycles. The summed E-state index contributed by atoms with van der Waals surface area (Å²) in [6.45, 7) is 0. The second-order valence-electron chi connectivity index (χ2n) is 6.20. The fraction of sp³-hybridized carbons (Fsp3) is 0.0500. The standard InChI is InChI=1S/C20H14ClFN4O2S/c21-11-5-7-12(8-6-11)23-17(27)10-13-9-15-18(25-26-20(15)29-13)24-19(28)14-3-1-2-4-16(14)22/h1-9H,10H2,(H,23,27)(H2,24,25,26,28). The minimum atomic E-state index is -0.606. The Labute approximate surface area is 173 Å². The van der Waals surface area contributed by atoms with Gasteiger partial charge >= 0.3 is 0 Å². The van der Waals surface area contributed by atoms with Crippen molar-refractivity contribution in [3.63, 3.8) is 0 Å². The van der Waals surface area contributed by atoms with E-state index in [1.807, 2.05) is 0 Å². The second-order valence-corrected chi connectivity index (χ2v) is 7.75. The predicted octanol–water partition coefficient (Wildman–Crippen LogP) is 4.85. The summed E-state index contributed by atoms with van der Waals surface area (Å²) in [6.07, 6.45) is 0.157. The highest BCUT2D eigenvalue weighted by atomic mass is 35.5. The van der Waals surface area contributed by atoms with Crippen molar-refractivity contribution >= 4 is 56.5 Å². The average Bonchev–Trinajstić information content (AvgIpc) is 3.25. The molecule has 0 bridgehead atoms. The number of aromatic nitrogens is 2. The van der Waals surface area contributed by atoms with E-state index in [1.54, 1.807) is 36.4 Å². The Morgan fingerprint density at radius 1 is 1.10 bits per heavy atom. The first-order chi connectivity index (χ1) is 14.0. The van der Waals surface area contributed by atoms with E-state index in [0.29, 0.717) is 26.7 Å². The lowest BCUT2D eigenvalue weighted by atomic mass is 10.2. The number of amides is 2. The van der Waals surface area contributed by atoms with Crippen LogP contribution in [0.15, 0.2) is 54.6 Å². The maximum Gasteiger partial charge on any atom is 0.259 e. The van der Waals surface area contributed by atoms with Crippen LogP contribution in [0.5, 0.6) is 0 Å². The van der Waals surface area contributed by atoms with Crippen LogP contribution >= 0.6 is 22.9 Å². The molecule has 4 rings (SSSR count). The topological polar surface area (TPSA) is 86.9 Å². The Bertz CT molecular complexity index is 1200. The number of anilines is 2. The van der Waals surface area contributed by atoms with Crippen molar-refractivity contribution in [3.8, 4) is 0 Å². The minimum absolute atomic E-state index is 0.0620. The SMILES string of the molecule is O=C(Cc1cc2c(NC(=O)c3ccccc3F)[nH]nc2s1)Nc1ccc(Cl)cc1. The van der Waals surface area contributed by atoms with Gasteiger partial charge < -0.3 is 10.6 Å². The zero-order valence-electron chi connectivity index (χ0n) is 14.8. The lowest BCUT2D eigenvalue weighted by Crippen LogP contribution is -2.14. The maximum atomic E-state index is 13.8. The first-order valence-electron chi connectivity index (χ1n) is 8.57. The van der Waals surface area contributed by atoms with Crippen LogP contribution in [0, 0.1) is 5.82 Å². The number of H-pyrrole nitrogens is 1. The molecule has 0 atom stereocenters. The highest BCUT2D eigenvalue weighted by Gasteiger charge is 2.17. The van der Waals surface area contributed by atoms with Crippen LogP contribution in [0.2, 0.25) is 5.02 Å². The number of benzene rings is 2. The molecule has 0 saturated carbocycles. The number of rotatable bonds is 5. The summed E-state index contributed by atoms with van der Waals surface area (Å²) in [5.41, 5.74) is 0.590. The van der Waals surface area contributed by atoms with Crippen molar-refractivity contribution in [1.82, 2.24) is 10.2 Å². The van der Waals surface area contributed by atoms with E-state index in [2.05, 4.69) is 20.8 Å². The first kappa shape index (κ1) is 19.1. The van der Waals surface area contributed by atoms with Gasteiger partial charge in [0.05, 0.1) is 17.4 Å². The van der Waals surface area contributed by atoms with Gasteiger partial charge in [0.15, 0.2) is 0 Å². The van der Waals surface area contributed by atoms with E-state index in [-0.39, 0.29) is 17.9 Å². The highest BCUT2D eigenvalue weighted by Crippen LogP contribution is 2.30. The molecule has 0 aliphatic carbocycles. The van der Waals surface area contributed by atoms with Crippen molar-refractivity contribution in [3.05, 3.63) is 75.9 Å². The van der Waals surface area contributed by atoms with Gasteiger partial charge in [0.1, 0.15) is 16.5 Å². The molecule has 2 aromatic heterocycles.